The zero-order valence-electron chi connectivity index (χ0n) is 20.3. The van der Waals surface area contributed by atoms with Gasteiger partial charge in [0.2, 0.25) is 5.78 Å². The second kappa shape index (κ2) is 11.9. The third kappa shape index (κ3) is 8.90. The van der Waals surface area contributed by atoms with Crippen LogP contribution in [0.25, 0.3) is 0 Å². The molecular weight excluding hydrogens is 424 g/mol. The highest BCUT2D eigenvalue weighted by atomic mass is 16.5. The van der Waals surface area contributed by atoms with Gasteiger partial charge in [-0.1, -0.05) is 34.6 Å². The van der Waals surface area contributed by atoms with Gasteiger partial charge >= 0.3 is 6.09 Å². The minimum absolute atomic E-state index is 0.146. The van der Waals surface area contributed by atoms with Crippen molar-refractivity contribution in [2.75, 3.05) is 13.2 Å². The molecule has 1 aliphatic heterocycles. The SMILES string of the molecule is CC(C)C(NC(=O)OCC(C)(C)C)C(=O)CC1CCc2ccnc(n2)CCCNC(=O)C1=O. The van der Waals surface area contributed by atoms with Crippen molar-refractivity contribution in [3.8, 4) is 0 Å². The molecule has 1 aromatic rings. The number of nitrogens with one attached hydrogen (secondary N) is 2. The van der Waals surface area contributed by atoms with Crippen molar-refractivity contribution < 1.29 is 23.9 Å². The Morgan fingerprint density at radius 1 is 1.24 bits per heavy atom. The largest absolute Gasteiger partial charge is 0.449 e. The predicted octanol–water partition coefficient (Wildman–Crippen LogP) is 2.41. The molecule has 1 aromatic heterocycles. The zero-order valence-corrected chi connectivity index (χ0v) is 20.3. The number of rotatable bonds is 6. The molecule has 2 unspecified atom stereocenters. The molecule has 0 aromatic carbocycles. The van der Waals surface area contributed by atoms with Crippen molar-refractivity contribution >= 4 is 23.6 Å². The molecule has 2 rings (SSSR count). The summed E-state index contributed by atoms with van der Waals surface area (Å²) in [7, 11) is 0. The molecule has 0 saturated heterocycles. The van der Waals surface area contributed by atoms with Crippen molar-refractivity contribution in [1.82, 2.24) is 20.6 Å². The molecule has 0 fully saturated rings. The van der Waals surface area contributed by atoms with E-state index >= 15 is 0 Å². The van der Waals surface area contributed by atoms with Gasteiger partial charge in [0.15, 0.2) is 5.78 Å². The number of amides is 2. The van der Waals surface area contributed by atoms with Crippen LogP contribution in [-0.2, 0) is 32.0 Å². The monoisotopic (exact) mass is 460 g/mol. The van der Waals surface area contributed by atoms with E-state index in [4.69, 9.17) is 4.74 Å². The van der Waals surface area contributed by atoms with E-state index in [9.17, 15) is 19.2 Å². The topological polar surface area (TPSA) is 127 Å². The molecule has 1 aliphatic rings. The van der Waals surface area contributed by atoms with Gasteiger partial charge in [-0.3, -0.25) is 14.4 Å². The van der Waals surface area contributed by atoms with Crippen LogP contribution in [0.2, 0.25) is 0 Å². The summed E-state index contributed by atoms with van der Waals surface area (Å²) >= 11 is 0. The molecule has 0 aliphatic carbocycles. The van der Waals surface area contributed by atoms with E-state index in [-0.39, 0.29) is 30.1 Å². The minimum Gasteiger partial charge on any atom is -0.449 e. The van der Waals surface area contributed by atoms with Crippen molar-refractivity contribution in [3.63, 3.8) is 0 Å². The highest BCUT2D eigenvalue weighted by molar-refractivity contribution is 6.37. The fraction of sp³-hybridized carbons (Fsp3) is 0.667. The lowest BCUT2D eigenvalue weighted by molar-refractivity contribution is -0.141. The number of ketones is 2. The maximum atomic E-state index is 13.1. The summed E-state index contributed by atoms with van der Waals surface area (Å²) < 4.78 is 5.24. The van der Waals surface area contributed by atoms with E-state index in [0.717, 1.165) is 5.69 Å². The van der Waals surface area contributed by atoms with Crippen LogP contribution in [0.5, 0.6) is 0 Å². The second-order valence-electron chi connectivity index (χ2n) is 10.1. The van der Waals surface area contributed by atoms with Gasteiger partial charge < -0.3 is 15.4 Å². The maximum Gasteiger partial charge on any atom is 0.407 e. The van der Waals surface area contributed by atoms with Crippen molar-refractivity contribution in [2.45, 2.75) is 72.8 Å². The smallest absolute Gasteiger partial charge is 0.407 e. The fourth-order valence-electron chi connectivity index (χ4n) is 3.51. The molecule has 0 saturated carbocycles. The second-order valence-corrected chi connectivity index (χ2v) is 10.1. The summed E-state index contributed by atoms with van der Waals surface area (Å²) in [5.41, 5.74) is 0.568. The molecule has 2 bridgehead atoms. The van der Waals surface area contributed by atoms with Crippen LogP contribution in [0.15, 0.2) is 12.3 Å². The summed E-state index contributed by atoms with van der Waals surface area (Å²) in [5, 5.41) is 5.27. The average molecular weight is 461 g/mol. The predicted molar refractivity (Wildman–Crippen MR) is 122 cm³/mol. The van der Waals surface area contributed by atoms with Gasteiger partial charge in [-0.05, 0) is 36.7 Å². The third-order valence-corrected chi connectivity index (χ3v) is 5.34. The van der Waals surface area contributed by atoms with Gasteiger partial charge in [-0.25, -0.2) is 14.8 Å². The number of carbonyl (C=O) groups excluding carboxylic acids is 4. The summed E-state index contributed by atoms with van der Waals surface area (Å²) in [5.74, 6) is -1.92. The Morgan fingerprint density at radius 2 is 1.97 bits per heavy atom. The van der Waals surface area contributed by atoms with Crippen LogP contribution in [-0.4, -0.2) is 52.7 Å². The Kier molecular flexibility index (Phi) is 9.49. The molecule has 2 atom stereocenters. The number of ether oxygens (including phenoxy) is 1. The maximum absolute atomic E-state index is 13.1. The van der Waals surface area contributed by atoms with Gasteiger partial charge in [-0.2, -0.15) is 0 Å². The van der Waals surface area contributed by atoms with E-state index in [1.807, 2.05) is 34.6 Å². The lowest BCUT2D eigenvalue weighted by Crippen LogP contribution is -2.46. The van der Waals surface area contributed by atoms with Gasteiger partial charge in [0.1, 0.15) is 5.82 Å². The van der Waals surface area contributed by atoms with Gasteiger partial charge in [-0.15, -0.1) is 0 Å². The zero-order chi connectivity index (χ0) is 24.6. The molecule has 0 radical (unpaired) electrons. The average Bonchev–Trinajstić information content (AvgIpc) is 2.74. The molecule has 33 heavy (non-hydrogen) atoms. The molecule has 2 amide bonds. The summed E-state index contributed by atoms with van der Waals surface area (Å²) in [6.45, 7) is 9.97. The molecule has 0 spiro atoms. The van der Waals surface area contributed by atoms with E-state index in [0.29, 0.717) is 38.1 Å². The van der Waals surface area contributed by atoms with Crippen molar-refractivity contribution in [3.05, 3.63) is 23.8 Å². The first-order valence-electron chi connectivity index (χ1n) is 11.5. The number of hydrogen-bond donors (Lipinski definition) is 2. The summed E-state index contributed by atoms with van der Waals surface area (Å²) in [6, 6.07) is 0.961. The number of Topliss-reactive ketones (excluding diaryl/α,β-unsaturated/α-hetero) is 2. The van der Waals surface area contributed by atoms with Crippen molar-refractivity contribution in [2.24, 2.45) is 17.3 Å². The molecular formula is C24H36N4O5. The van der Waals surface area contributed by atoms with Crippen LogP contribution in [0.1, 0.15) is 65.4 Å². The fourth-order valence-corrected chi connectivity index (χ4v) is 3.51. The Morgan fingerprint density at radius 3 is 2.64 bits per heavy atom. The van der Waals surface area contributed by atoms with E-state index in [2.05, 4.69) is 20.6 Å². The van der Waals surface area contributed by atoms with Crippen LogP contribution < -0.4 is 10.6 Å². The molecule has 2 heterocycles. The molecule has 9 nitrogen and oxygen atoms in total. The van der Waals surface area contributed by atoms with Crippen molar-refractivity contribution in [1.29, 1.82) is 0 Å². The lowest BCUT2D eigenvalue weighted by Gasteiger charge is -2.24. The highest BCUT2D eigenvalue weighted by Crippen LogP contribution is 2.19. The molecule has 182 valence electrons. The number of fused-ring (bicyclic) bond motifs is 2. The first-order chi connectivity index (χ1) is 15.5. The number of aromatic nitrogens is 2. The number of alkyl carbamates (subject to hydrolysis) is 1. The minimum atomic E-state index is -0.819. The Bertz CT molecular complexity index is 863. The van der Waals surface area contributed by atoms with Crippen LogP contribution >= 0.6 is 0 Å². The standard InChI is InChI=1S/C24H36N4O5/c1-15(2)20(28-23(32)33-14-24(3,4)5)18(29)13-16-8-9-17-10-12-25-19(27-17)7-6-11-26-22(31)21(16)30/h10,12,15-16,20H,6-9,11,13-14H2,1-5H3,(H,26,31)(H,28,32). The van der Waals surface area contributed by atoms with Crippen LogP contribution in [0.4, 0.5) is 4.79 Å². The van der Waals surface area contributed by atoms with E-state index in [1.165, 1.54) is 0 Å². The van der Waals surface area contributed by atoms with Crippen LogP contribution in [0.3, 0.4) is 0 Å². The molecule has 2 N–H and O–H groups in total. The quantitative estimate of drug-likeness (QED) is 0.624. The Hall–Kier alpha value is -2.84. The lowest BCUT2D eigenvalue weighted by atomic mass is 9.87. The number of hydrogen-bond acceptors (Lipinski definition) is 7. The number of nitrogens with zero attached hydrogens (tertiary/aromatic N) is 2. The van der Waals surface area contributed by atoms with Gasteiger partial charge in [0.25, 0.3) is 5.91 Å². The highest BCUT2D eigenvalue weighted by Gasteiger charge is 2.32. The summed E-state index contributed by atoms with van der Waals surface area (Å²) in [6.07, 6.45) is 2.83. The first kappa shape index (κ1) is 26.4. The summed E-state index contributed by atoms with van der Waals surface area (Å²) in [4.78, 5) is 59.3. The Balaban J connectivity index is 2.12. The number of aryl methyl sites for hydroxylation is 2. The third-order valence-electron chi connectivity index (χ3n) is 5.34. The number of carbonyl (C=O) groups is 4. The molecule has 9 heteroatoms. The van der Waals surface area contributed by atoms with E-state index in [1.54, 1.807) is 12.3 Å². The first-order valence-corrected chi connectivity index (χ1v) is 11.5. The van der Waals surface area contributed by atoms with E-state index < -0.39 is 29.7 Å². The van der Waals surface area contributed by atoms with Gasteiger partial charge in [0, 0.05) is 37.2 Å². The Labute approximate surface area is 195 Å². The van der Waals surface area contributed by atoms with Crippen LogP contribution in [0, 0.1) is 17.3 Å². The normalized spacial score (nSPS) is 18.5. The van der Waals surface area contributed by atoms with Gasteiger partial charge in [0.05, 0.1) is 12.6 Å².